The molecule has 2 aromatic carbocycles. The second-order valence-electron chi connectivity index (χ2n) is 8.65. The van der Waals surface area contributed by atoms with Gasteiger partial charge in [0.15, 0.2) is 14.6 Å². The zero-order valence-corrected chi connectivity index (χ0v) is 22.5. The van der Waals surface area contributed by atoms with Crippen LogP contribution < -0.4 is 4.80 Å². The normalized spacial score (nSPS) is 15.4. The lowest BCUT2D eigenvalue weighted by atomic mass is 10.1. The number of sulfone groups is 1. The molecule has 2 heterocycles. The van der Waals surface area contributed by atoms with Gasteiger partial charge in [-0.25, -0.2) is 13.2 Å². The number of amides is 1. The number of hydrogen-bond donors (Lipinski definition) is 0. The molecule has 0 N–H and O–H groups in total. The van der Waals surface area contributed by atoms with Crippen molar-refractivity contribution in [3.05, 3.63) is 57.3 Å². The first-order valence-corrected chi connectivity index (χ1v) is 14.6. The van der Waals surface area contributed by atoms with Crippen LogP contribution in [0.4, 0.5) is 0 Å². The topological polar surface area (TPSA) is 98.0 Å². The highest BCUT2D eigenvalue weighted by atomic mass is 35.5. The molecule has 1 amide bonds. The van der Waals surface area contributed by atoms with E-state index >= 15 is 0 Å². The molecular formula is C25H28ClN3O5S2. The number of likely N-dealkylation sites (tertiary alicyclic amines) is 1. The number of carbonyl (C=O) groups is 2. The molecule has 0 radical (unpaired) electrons. The first-order chi connectivity index (χ1) is 17.2. The molecule has 36 heavy (non-hydrogen) atoms. The van der Waals surface area contributed by atoms with E-state index in [1.165, 1.54) is 11.3 Å². The SMILES string of the molecule is CCOC(=O)c1cs/c(=N\C2CCN(C(=O)CCS(=O)(=O)c3ccc4cc(Cl)ccc4c3)CC2)n1C. The van der Waals surface area contributed by atoms with Gasteiger partial charge in [0.2, 0.25) is 5.91 Å². The van der Waals surface area contributed by atoms with Crippen molar-refractivity contribution >= 4 is 55.4 Å². The van der Waals surface area contributed by atoms with Crippen LogP contribution in [0.2, 0.25) is 5.02 Å². The molecule has 1 aromatic heterocycles. The number of halogens is 1. The van der Waals surface area contributed by atoms with Gasteiger partial charge in [-0.05, 0) is 54.8 Å². The van der Waals surface area contributed by atoms with Gasteiger partial charge in [0.25, 0.3) is 0 Å². The van der Waals surface area contributed by atoms with Crippen molar-refractivity contribution in [1.82, 2.24) is 9.47 Å². The molecule has 8 nitrogen and oxygen atoms in total. The monoisotopic (exact) mass is 549 g/mol. The number of thiazole rings is 1. The summed E-state index contributed by atoms with van der Waals surface area (Å²) in [4.78, 5) is 32.2. The number of aromatic nitrogens is 1. The average molecular weight is 550 g/mol. The zero-order chi connectivity index (χ0) is 25.9. The average Bonchev–Trinajstić information content (AvgIpc) is 3.22. The minimum atomic E-state index is -3.60. The van der Waals surface area contributed by atoms with Gasteiger partial charge < -0.3 is 14.2 Å². The Balaban J connectivity index is 1.33. The number of hydrogen-bond acceptors (Lipinski definition) is 7. The summed E-state index contributed by atoms with van der Waals surface area (Å²) in [5, 5.41) is 3.97. The van der Waals surface area contributed by atoms with Crippen LogP contribution in [0.1, 0.15) is 36.7 Å². The second-order valence-corrected chi connectivity index (χ2v) is 12.0. The molecular weight excluding hydrogens is 522 g/mol. The quantitative estimate of drug-likeness (QED) is 0.417. The summed E-state index contributed by atoms with van der Waals surface area (Å²) in [6.45, 7) is 3.11. The largest absolute Gasteiger partial charge is 0.461 e. The van der Waals surface area contributed by atoms with Crippen LogP contribution >= 0.6 is 22.9 Å². The molecule has 1 saturated heterocycles. The molecule has 1 aliphatic rings. The Labute approximate surface area is 219 Å². The molecule has 0 unspecified atom stereocenters. The standard InChI is InChI=1S/C25H28ClN3O5S2/c1-3-34-24(31)22-16-35-25(28(22)2)27-20-8-11-29(12-9-20)23(30)10-13-36(32,33)21-7-5-17-14-19(26)6-4-18(17)15-21/h4-7,14-16,20H,3,8-13H2,1-2H3/b27-25-. The van der Waals surface area contributed by atoms with E-state index in [0.29, 0.717) is 43.3 Å². The summed E-state index contributed by atoms with van der Waals surface area (Å²) in [5.41, 5.74) is 0.463. The van der Waals surface area contributed by atoms with Crippen LogP contribution in [-0.4, -0.2) is 61.3 Å². The van der Waals surface area contributed by atoms with Gasteiger partial charge in [0, 0.05) is 37.0 Å². The van der Waals surface area contributed by atoms with E-state index in [-0.39, 0.29) is 35.0 Å². The van der Waals surface area contributed by atoms with Crippen LogP contribution in [-0.2, 0) is 26.4 Å². The minimum absolute atomic E-state index is 0.0313. The molecule has 0 spiro atoms. The van der Waals surface area contributed by atoms with E-state index < -0.39 is 9.84 Å². The summed E-state index contributed by atoms with van der Waals surface area (Å²) in [7, 11) is -1.82. The number of carbonyl (C=O) groups excluding carboxylic acids is 2. The maximum atomic E-state index is 12.9. The first-order valence-electron chi connectivity index (χ1n) is 11.7. The van der Waals surface area contributed by atoms with Gasteiger partial charge in [-0.2, -0.15) is 0 Å². The fourth-order valence-electron chi connectivity index (χ4n) is 4.16. The molecule has 1 fully saturated rings. The van der Waals surface area contributed by atoms with E-state index in [1.54, 1.807) is 65.2 Å². The van der Waals surface area contributed by atoms with E-state index in [9.17, 15) is 18.0 Å². The Morgan fingerprint density at radius 3 is 2.56 bits per heavy atom. The third-order valence-electron chi connectivity index (χ3n) is 6.24. The number of benzene rings is 2. The lowest BCUT2D eigenvalue weighted by Gasteiger charge is -2.30. The van der Waals surface area contributed by atoms with Crippen molar-refractivity contribution in [2.45, 2.75) is 37.1 Å². The van der Waals surface area contributed by atoms with Crippen molar-refractivity contribution in [2.24, 2.45) is 12.0 Å². The number of piperidine rings is 1. The molecule has 0 bridgehead atoms. The lowest BCUT2D eigenvalue weighted by Crippen LogP contribution is -2.40. The van der Waals surface area contributed by atoms with Crippen molar-refractivity contribution in [3.8, 4) is 0 Å². The highest BCUT2D eigenvalue weighted by Gasteiger charge is 2.25. The maximum absolute atomic E-state index is 12.9. The van der Waals surface area contributed by atoms with Crippen LogP contribution in [0.15, 0.2) is 51.7 Å². The number of esters is 1. The number of ether oxygens (including phenoxy) is 1. The molecule has 192 valence electrons. The smallest absolute Gasteiger partial charge is 0.355 e. The third kappa shape index (κ3) is 5.99. The highest BCUT2D eigenvalue weighted by Crippen LogP contribution is 2.24. The molecule has 1 aliphatic heterocycles. The Bertz CT molecular complexity index is 1450. The summed E-state index contributed by atoms with van der Waals surface area (Å²) >= 11 is 7.39. The zero-order valence-electron chi connectivity index (χ0n) is 20.1. The molecule has 3 aromatic rings. The van der Waals surface area contributed by atoms with Crippen LogP contribution in [0.25, 0.3) is 10.8 Å². The van der Waals surface area contributed by atoms with E-state index in [0.717, 1.165) is 15.6 Å². The van der Waals surface area contributed by atoms with Crippen LogP contribution in [0.5, 0.6) is 0 Å². The number of nitrogens with zero attached hydrogens (tertiary/aromatic N) is 3. The van der Waals surface area contributed by atoms with E-state index in [2.05, 4.69) is 0 Å². The van der Waals surface area contributed by atoms with Crippen molar-refractivity contribution in [1.29, 1.82) is 0 Å². The minimum Gasteiger partial charge on any atom is -0.461 e. The van der Waals surface area contributed by atoms with Crippen molar-refractivity contribution in [3.63, 3.8) is 0 Å². The van der Waals surface area contributed by atoms with Gasteiger partial charge in [-0.3, -0.25) is 9.79 Å². The fourth-order valence-corrected chi connectivity index (χ4v) is 6.54. The number of fused-ring (bicyclic) bond motifs is 1. The van der Waals surface area contributed by atoms with E-state index in [4.69, 9.17) is 21.3 Å². The van der Waals surface area contributed by atoms with Crippen molar-refractivity contribution < 1.29 is 22.7 Å². The fraction of sp³-hybridized carbons (Fsp3) is 0.400. The Kier molecular flexibility index (Phi) is 8.17. The summed E-state index contributed by atoms with van der Waals surface area (Å²) in [6.07, 6.45) is 1.29. The predicted molar refractivity (Wildman–Crippen MR) is 140 cm³/mol. The molecule has 0 aliphatic carbocycles. The predicted octanol–water partition coefficient (Wildman–Crippen LogP) is 3.83. The Morgan fingerprint density at radius 1 is 1.14 bits per heavy atom. The van der Waals surface area contributed by atoms with Gasteiger partial charge in [0.1, 0.15) is 5.69 Å². The first kappa shape index (κ1) is 26.4. The molecule has 0 atom stereocenters. The molecule has 0 saturated carbocycles. The second kappa shape index (κ2) is 11.1. The Morgan fingerprint density at radius 2 is 1.83 bits per heavy atom. The summed E-state index contributed by atoms with van der Waals surface area (Å²) in [6, 6.07) is 10.2. The lowest BCUT2D eigenvalue weighted by molar-refractivity contribution is -0.131. The van der Waals surface area contributed by atoms with Gasteiger partial charge in [-0.1, -0.05) is 23.7 Å². The summed E-state index contributed by atoms with van der Waals surface area (Å²) in [5.74, 6) is -0.784. The van der Waals surface area contributed by atoms with E-state index in [1.807, 2.05) is 0 Å². The van der Waals surface area contributed by atoms with Gasteiger partial charge >= 0.3 is 5.97 Å². The van der Waals surface area contributed by atoms with Crippen molar-refractivity contribution in [2.75, 3.05) is 25.4 Å². The maximum Gasteiger partial charge on any atom is 0.355 e. The third-order valence-corrected chi connectivity index (χ3v) is 9.12. The Hall–Kier alpha value is -2.69. The number of rotatable bonds is 7. The highest BCUT2D eigenvalue weighted by molar-refractivity contribution is 7.91. The van der Waals surface area contributed by atoms with Crippen LogP contribution in [0, 0.1) is 0 Å². The molecule has 11 heteroatoms. The van der Waals surface area contributed by atoms with Gasteiger partial charge in [0.05, 0.1) is 23.3 Å². The van der Waals surface area contributed by atoms with Gasteiger partial charge in [-0.15, -0.1) is 11.3 Å². The summed E-state index contributed by atoms with van der Waals surface area (Å²) < 4.78 is 32.5. The van der Waals surface area contributed by atoms with Crippen LogP contribution in [0.3, 0.4) is 0 Å². The molecule has 4 rings (SSSR count).